The first kappa shape index (κ1) is 20.0. The lowest BCUT2D eigenvalue weighted by molar-refractivity contribution is -0.0258. The Morgan fingerprint density at radius 3 is 2.50 bits per heavy atom. The second-order valence-corrected chi connectivity index (χ2v) is 8.05. The highest BCUT2D eigenvalue weighted by atomic mass is 35.5. The number of hydrogen-bond donors (Lipinski definition) is 1. The third kappa shape index (κ3) is 4.07. The molecule has 0 spiro atoms. The van der Waals surface area contributed by atoms with E-state index < -0.39 is 15.9 Å². The number of amides is 1. The summed E-state index contributed by atoms with van der Waals surface area (Å²) in [5.41, 5.74) is 1.54. The Morgan fingerprint density at radius 2 is 1.93 bits per heavy atom. The number of aromatic nitrogens is 2. The van der Waals surface area contributed by atoms with Crippen LogP contribution in [-0.4, -0.2) is 42.5 Å². The van der Waals surface area contributed by atoms with Crippen molar-refractivity contribution in [1.82, 2.24) is 14.0 Å². The smallest absolute Gasteiger partial charge is 0.264 e. The molecule has 1 amide bonds. The number of anilines is 1. The van der Waals surface area contributed by atoms with E-state index in [1.165, 1.54) is 38.4 Å². The predicted molar refractivity (Wildman–Crippen MR) is 105 cm³/mol. The molecule has 0 radical (unpaired) electrons. The van der Waals surface area contributed by atoms with Crippen LogP contribution in [0.5, 0.6) is 0 Å². The van der Waals surface area contributed by atoms with E-state index in [1.54, 1.807) is 41.5 Å². The first-order valence-corrected chi connectivity index (χ1v) is 9.87. The monoisotopic (exact) mass is 420 g/mol. The lowest BCUT2D eigenvalue weighted by Crippen LogP contribution is -2.25. The van der Waals surface area contributed by atoms with Crippen LogP contribution in [0.4, 0.5) is 5.69 Å². The molecule has 28 heavy (non-hydrogen) atoms. The molecule has 0 saturated carbocycles. The van der Waals surface area contributed by atoms with Crippen molar-refractivity contribution in [3.8, 4) is 5.69 Å². The highest BCUT2D eigenvalue weighted by Gasteiger charge is 2.21. The number of rotatable bonds is 6. The van der Waals surface area contributed by atoms with Gasteiger partial charge in [0, 0.05) is 30.7 Å². The van der Waals surface area contributed by atoms with E-state index in [4.69, 9.17) is 16.4 Å². The van der Waals surface area contributed by atoms with Crippen molar-refractivity contribution < 1.29 is 18.0 Å². The maximum absolute atomic E-state index is 12.4. The summed E-state index contributed by atoms with van der Waals surface area (Å²) in [5, 5.41) is 3.18. The van der Waals surface area contributed by atoms with Crippen LogP contribution in [-0.2, 0) is 14.9 Å². The number of carbonyl (C=O) groups excluding carboxylic acids is 1. The highest BCUT2D eigenvalue weighted by molar-refractivity contribution is 7.89. The van der Waals surface area contributed by atoms with E-state index in [0.29, 0.717) is 16.3 Å². The normalized spacial score (nSPS) is 11.6. The maximum Gasteiger partial charge on any atom is 0.264 e. The minimum absolute atomic E-state index is 0.0149. The largest absolute Gasteiger partial charge is 0.322 e. The van der Waals surface area contributed by atoms with Gasteiger partial charge in [0.25, 0.3) is 15.9 Å². The van der Waals surface area contributed by atoms with Gasteiger partial charge in [0.05, 0.1) is 29.0 Å². The second kappa shape index (κ2) is 8.11. The maximum atomic E-state index is 12.4. The molecule has 0 aliphatic carbocycles. The van der Waals surface area contributed by atoms with Crippen molar-refractivity contribution in [3.63, 3.8) is 0 Å². The second-order valence-electron chi connectivity index (χ2n) is 5.71. The van der Waals surface area contributed by atoms with Gasteiger partial charge in [-0.3, -0.25) is 9.63 Å². The van der Waals surface area contributed by atoms with Crippen LogP contribution in [0.25, 0.3) is 5.69 Å². The molecule has 0 unspecified atom stereocenters. The quantitative estimate of drug-likeness (QED) is 0.619. The fraction of sp³-hybridized carbons (Fsp3) is 0.111. The molecule has 10 heteroatoms. The van der Waals surface area contributed by atoms with Gasteiger partial charge in [0.1, 0.15) is 0 Å². The van der Waals surface area contributed by atoms with E-state index in [-0.39, 0.29) is 4.90 Å². The van der Waals surface area contributed by atoms with Crippen molar-refractivity contribution in [3.05, 3.63) is 71.8 Å². The van der Waals surface area contributed by atoms with Crippen LogP contribution in [0.15, 0.2) is 66.1 Å². The summed E-state index contributed by atoms with van der Waals surface area (Å²) in [6, 6.07) is 10.6. The molecule has 1 aromatic heterocycles. The van der Waals surface area contributed by atoms with E-state index in [9.17, 15) is 13.2 Å². The van der Waals surface area contributed by atoms with E-state index in [1.807, 2.05) is 0 Å². The molecule has 8 nitrogen and oxygen atoms in total. The summed E-state index contributed by atoms with van der Waals surface area (Å²) in [7, 11) is -1.23. The van der Waals surface area contributed by atoms with Crippen molar-refractivity contribution in [1.29, 1.82) is 0 Å². The third-order valence-corrected chi connectivity index (χ3v) is 5.99. The Morgan fingerprint density at radius 1 is 1.21 bits per heavy atom. The molecule has 0 aliphatic rings. The summed E-state index contributed by atoms with van der Waals surface area (Å²) in [6.45, 7) is 0. The molecular weight excluding hydrogens is 404 g/mol. The molecule has 1 heterocycles. The fourth-order valence-electron chi connectivity index (χ4n) is 2.42. The number of nitrogens with zero attached hydrogens (tertiary/aromatic N) is 3. The van der Waals surface area contributed by atoms with Crippen LogP contribution >= 0.6 is 11.6 Å². The Kier molecular flexibility index (Phi) is 5.80. The van der Waals surface area contributed by atoms with Crippen LogP contribution in [0, 0.1) is 0 Å². The standard InChI is InChI=1S/C18H17ClN4O4S/c1-22(27-2)28(25,26)15-6-3-13(4-7-15)18(24)21-14-5-8-17(16(19)11-14)23-10-9-20-12-23/h3-12H,1-2H3,(H,21,24). The molecule has 0 aliphatic heterocycles. The Labute approximate surface area is 167 Å². The highest BCUT2D eigenvalue weighted by Crippen LogP contribution is 2.25. The average molecular weight is 421 g/mol. The molecule has 0 fully saturated rings. The average Bonchev–Trinajstić information content (AvgIpc) is 3.22. The topological polar surface area (TPSA) is 93.5 Å². The first-order chi connectivity index (χ1) is 13.3. The van der Waals surface area contributed by atoms with Crippen LogP contribution in [0.1, 0.15) is 10.4 Å². The van der Waals surface area contributed by atoms with Gasteiger partial charge in [0.15, 0.2) is 0 Å². The number of halogens is 1. The minimum atomic E-state index is -3.77. The van der Waals surface area contributed by atoms with E-state index in [2.05, 4.69) is 10.3 Å². The zero-order chi connectivity index (χ0) is 20.3. The lowest BCUT2D eigenvalue weighted by Gasteiger charge is -2.14. The van der Waals surface area contributed by atoms with Crippen molar-refractivity contribution in [2.45, 2.75) is 4.90 Å². The van der Waals surface area contributed by atoms with Gasteiger partial charge in [0.2, 0.25) is 0 Å². The summed E-state index contributed by atoms with van der Waals surface area (Å²) in [5.74, 6) is -0.393. The number of carbonyl (C=O) groups is 1. The minimum Gasteiger partial charge on any atom is -0.322 e. The first-order valence-electron chi connectivity index (χ1n) is 8.05. The summed E-state index contributed by atoms with van der Waals surface area (Å²) < 4.78 is 26.9. The molecule has 2 aromatic carbocycles. The van der Waals surface area contributed by atoms with E-state index in [0.717, 1.165) is 10.2 Å². The molecule has 1 N–H and O–H groups in total. The summed E-state index contributed by atoms with van der Waals surface area (Å²) in [6.07, 6.45) is 5.02. The van der Waals surface area contributed by atoms with Crippen LogP contribution in [0.2, 0.25) is 5.02 Å². The van der Waals surface area contributed by atoms with Crippen LogP contribution < -0.4 is 5.32 Å². The molecule has 3 aromatic rings. The Hall–Kier alpha value is -2.72. The van der Waals surface area contributed by atoms with Gasteiger partial charge in [-0.05, 0) is 42.5 Å². The molecule has 146 valence electrons. The van der Waals surface area contributed by atoms with Gasteiger partial charge in [-0.15, -0.1) is 0 Å². The molecular formula is C18H17ClN4O4S. The van der Waals surface area contributed by atoms with Gasteiger partial charge in [-0.25, -0.2) is 13.4 Å². The fourth-order valence-corrected chi connectivity index (χ4v) is 3.68. The van der Waals surface area contributed by atoms with Gasteiger partial charge >= 0.3 is 0 Å². The molecule has 0 atom stereocenters. The summed E-state index contributed by atoms with van der Waals surface area (Å²) >= 11 is 6.28. The summed E-state index contributed by atoms with van der Waals surface area (Å²) in [4.78, 5) is 21.1. The number of hydrogen-bond acceptors (Lipinski definition) is 5. The number of benzene rings is 2. The number of sulfonamides is 1. The zero-order valence-corrected chi connectivity index (χ0v) is 16.6. The number of imidazole rings is 1. The van der Waals surface area contributed by atoms with Crippen molar-refractivity contribution in [2.24, 2.45) is 0 Å². The van der Waals surface area contributed by atoms with Crippen molar-refractivity contribution >= 4 is 33.2 Å². The number of nitrogens with one attached hydrogen (secondary N) is 1. The van der Waals surface area contributed by atoms with E-state index >= 15 is 0 Å². The predicted octanol–water partition coefficient (Wildman–Crippen LogP) is 2.96. The number of hydroxylamine groups is 1. The molecule has 3 rings (SSSR count). The zero-order valence-electron chi connectivity index (χ0n) is 15.0. The third-order valence-electron chi connectivity index (χ3n) is 4.00. The molecule has 0 saturated heterocycles. The lowest BCUT2D eigenvalue weighted by atomic mass is 10.2. The van der Waals surface area contributed by atoms with Gasteiger partial charge in [-0.2, -0.15) is 0 Å². The Bertz CT molecular complexity index is 1080. The SMILES string of the molecule is CON(C)S(=O)(=O)c1ccc(C(=O)Nc2ccc(-n3ccnc3)c(Cl)c2)cc1. The molecule has 0 bridgehead atoms. The van der Waals surface area contributed by atoms with Gasteiger partial charge < -0.3 is 9.88 Å². The Balaban J connectivity index is 1.76. The van der Waals surface area contributed by atoms with Crippen molar-refractivity contribution in [2.75, 3.05) is 19.5 Å². The van der Waals surface area contributed by atoms with Gasteiger partial charge in [-0.1, -0.05) is 16.1 Å². The van der Waals surface area contributed by atoms with Crippen LogP contribution in [0.3, 0.4) is 0 Å².